The van der Waals surface area contributed by atoms with Crippen LogP contribution in [0, 0.1) is 0 Å². The predicted molar refractivity (Wildman–Crippen MR) is 55.9 cm³/mol. The van der Waals surface area contributed by atoms with Crippen LogP contribution in [-0.2, 0) is 13.6 Å². The van der Waals surface area contributed by atoms with Crippen molar-refractivity contribution in [2.45, 2.75) is 6.54 Å². The molecule has 2 aromatic rings. The quantitative estimate of drug-likeness (QED) is 0.733. The Labute approximate surface area is 86.9 Å². The molecule has 0 aliphatic rings. The lowest BCUT2D eigenvalue weighted by Gasteiger charge is -1.99. The topological polar surface area (TPSA) is 81.9 Å². The monoisotopic (exact) mass is 207 g/mol. The van der Waals surface area contributed by atoms with Gasteiger partial charge in [0.1, 0.15) is 11.5 Å². The van der Waals surface area contributed by atoms with Crippen LogP contribution in [0.2, 0.25) is 0 Å². The first-order valence-corrected chi connectivity index (χ1v) is 4.65. The summed E-state index contributed by atoms with van der Waals surface area (Å²) in [5.41, 5.74) is 7.41. The molecule has 0 saturated carbocycles. The van der Waals surface area contributed by atoms with Gasteiger partial charge >= 0.3 is 0 Å². The molecule has 0 aromatic carbocycles. The Balaban J connectivity index is 2.38. The van der Waals surface area contributed by atoms with Gasteiger partial charge in [-0.25, -0.2) is 4.68 Å². The highest BCUT2D eigenvalue weighted by Crippen LogP contribution is 2.18. The van der Waals surface area contributed by atoms with Crippen molar-refractivity contribution in [2.75, 3.05) is 12.3 Å². The van der Waals surface area contributed by atoms with Gasteiger partial charge in [-0.3, -0.25) is 4.68 Å². The highest BCUT2D eigenvalue weighted by atomic mass is 16.3. The number of aromatic nitrogens is 4. The van der Waals surface area contributed by atoms with Crippen LogP contribution in [0.15, 0.2) is 18.3 Å². The van der Waals surface area contributed by atoms with E-state index in [0.717, 1.165) is 11.4 Å². The minimum atomic E-state index is 0.0245. The molecule has 15 heavy (non-hydrogen) atoms. The van der Waals surface area contributed by atoms with Crippen molar-refractivity contribution >= 4 is 5.82 Å². The molecule has 2 heterocycles. The van der Waals surface area contributed by atoms with Gasteiger partial charge in [0.25, 0.3) is 0 Å². The predicted octanol–water partition coefficient (Wildman–Crippen LogP) is -0.142. The zero-order valence-corrected chi connectivity index (χ0v) is 8.46. The zero-order valence-electron chi connectivity index (χ0n) is 8.46. The Morgan fingerprint density at radius 1 is 1.53 bits per heavy atom. The summed E-state index contributed by atoms with van der Waals surface area (Å²) in [5.74, 6) is 0.542. The summed E-state index contributed by atoms with van der Waals surface area (Å²) in [6, 6.07) is 3.64. The largest absolute Gasteiger partial charge is 0.394 e. The molecule has 0 saturated heterocycles. The molecule has 0 aliphatic heterocycles. The normalized spacial score (nSPS) is 10.8. The smallest absolute Gasteiger partial charge is 0.122 e. The Bertz CT molecular complexity index is 459. The Kier molecular flexibility index (Phi) is 2.42. The fourth-order valence-electron chi connectivity index (χ4n) is 1.46. The minimum absolute atomic E-state index is 0.0245. The maximum absolute atomic E-state index is 8.80. The second kappa shape index (κ2) is 3.74. The van der Waals surface area contributed by atoms with Gasteiger partial charge in [-0.2, -0.15) is 10.2 Å². The van der Waals surface area contributed by atoms with Gasteiger partial charge in [0.2, 0.25) is 0 Å². The van der Waals surface area contributed by atoms with Crippen LogP contribution in [0.5, 0.6) is 0 Å². The number of hydrogen-bond acceptors (Lipinski definition) is 4. The van der Waals surface area contributed by atoms with Crippen LogP contribution >= 0.6 is 0 Å². The van der Waals surface area contributed by atoms with Crippen molar-refractivity contribution in [1.29, 1.82) is 0 Å². The molecule has 3 N–H and O–H groups in total. The maximum Gasteiger partial charge on any atom is 0.122 e. The summed E-state index contributed by atoms with van der Waals surface area (Å²) in [5, 5.41) is 17.1. The Hall–Kier alpha value is -1.82. The molecular weight excluding hydrogens is 194 g/mol. The fourth-order valence-corrected chi connectivity index (χ4v) is 1.46. The van der Waals surface area contributed by atoms with Crippen molar-refractivity contribution in [2.24, 2.45) is 7.05 Å². The molecule has 0 unspecified atom stereocenters. The number of hydrogen-bond donors (Lipinski definition) is 2. The summed E-state index contributed by atoms with van der Waals surface area (Å²) in [4.78, 5) is 0. The third kappa shape index (κ3) is 1.71. The second-order valence-corrected chi connectivity index (χ2v) is 3.24. The molecule has 0 spiro atoms. The molecule has 2 aromatic heterocycles. The molecule has 0 radical (unpaired) electrons. The van der Waals surface area contributed by atoms with Gasteiger partial charge in [0.15, 0.2) is 0 Å². The van der Waals surface area contributed by atoms with Gasteiger partial charge in [-0.15, -0.1) is 0 Å². The van der Waals surface area contributed by atoms with E-state index in [1.807, 2.05) is 13.1 Å². The van der Waals surface area contributed by atoms with Crippen LogP contribution in [-0.4, -0.2) is 31.3 Å². The van der Waals surface area contributed by atoms with Crippen LogP contribution in [0.3, 0.4) is 0 Å². The van der Waals surface area contributed by atoms with E-state index in [0.29, 0.717) is 12.4 Å². The lowest BCUT2D eigenvalue weighted by molar-refractivity contribution is 0.270. The van der Waals surface area contributed by atoms with E-state index in [4.69, 9.17) is 10.8 Å². The van der Waals surface area contributed by atoms with Gasteiger partial charge < -0.3 is 10.8 Å². The molecule has 0 bridgehead atoms. The summed E-state index contributed by atoms with van der Waals surface area (Å²) >= 11 is 0. The molecule has 6 heteroatoms. The minimum Gasteiger partial charge on any atom is -0.394 e. The average molecular weight is 207 g/mol. The first-order chi connectivity index (χ1) is 7.22. The lowest BCUT2D eigenvalue weighted by atomic mass is 10.3. The van der Waals surface area contributed by atoms with E-state index in [-0.39, 0.29) is 6.61 Å². The summed E-state index contributed by atoms with van der Waals surface area (Å²) in [6.07, 6.45) is 1.70. The van der Waals surface area contributed by atoms with Gasteiger partial charge in [-0.05, 0) is 6.07 Å². The molecule has 2 rings (SSSR count). The molecule has 0 atom stereocenters. The molecule has 0 amide bonds. The van der Waals surface area contributed by atoms with Crippen molar-refractivity contribution in [3.05, 3.63) is 18.3 Å². The van der Waals surface area contributed by atoms with Crippen molar-refractivity contribution in [3.8, 4) is 11.4 Å². The SMILES string of the molecule is Cn1nccc1-c1cc(N)n(CCO)n1. The molecule has 0 aliphatic carbocycles. The number of anilines is 1. The fraction of sp³-hybridized carbons (Fsp3) is 0.333. The van der Waals surface area contributed by atoms with Crippen molar-refractivity contribution < 1.29 is 5.11 Å². The van der Waals surface area contributed by atoms with E-state index in [1.165, 1.54) is 0 Å². The third-order valence-corrected chi connectivity index (χ3v) is 2.21. The highest BCUT2D eigenvalue weighted by molar-refractivity contribution is 5.58. The van der Waals surface area contributed by atoms with Gasteiger partial charge in [0.05, 0.1) is 18.8 Å². The Morgan fingerprint density at radius 3 is 2.93 bits per heavy atom. The first-order valence-electron chi connectivity index (χ1n) is 4.65. The summed E-state index contributed by atoms with van der Waals surface area (Å²) in [6.45, 7) is 0.431. The zero-order chi connectivity index (χ0) is 10.8. The number of nitrogen functional groups attached to an aromatic ring is 1. The number of aliphatic hydroxyl groups excluding tert-OH is 1. The van der Waals surface area contributed by atoms with Gasteiger partial charge in [0, 0.05) is 19.3 Å². The van der Waals surface area contributed by atoms with E-state index in [1.54, 1.807) is 21.6 Å². The molecule has 0 fully saturated rings. The number of aliphatic hydroxyl groups is 1. The van der Waals surface area contributed by atoms with Gasteiger partial charge in [-0.1, -0.05) is 0 Å². The standard InChI is InChI=1S/C9H13N5O/c1-13-8(2-3-11-13)7-6-9(10)14(12-7)4-5-15/h2-3,6,15H,4-5,10H2,1H3. The van der Waals surface area contributed by atoms with E-state index < -0.39 is 0 Å². The summed E-state index contributed by atoms with van der Waals surface area (Å²) in [7, 11) is 1.84. The molecular formula is C9H13N5O. The van der Waals surface area contributed by atoms with Crippen LogP contribution in [0.1, 0.15) is 0 Å². The first kappa shape index (κ1) is 9.72. The number of nitrogens with two attached hydrogens (primary N) is 1. The van der Waals surface area contributed by atoms with E-state index in [9.17, 15) is 0 Å². The van der Waals surface area contributed by atoms with E-state index >= 15 is 0 Å². The number of nitrogens with zero attached hydrogens (tertiary/aromatic N) is 4. The van der Waals surface area contributed by atoms with Crippen molar-refractivity contribution in [1.82, 2.24) is 19.6 Å². The maximum atomic E-state index is 8.80. The second-order valence-electron chi connectivity index (χ2n) is 3.24. The molecule has 6 nitrogen and oxygen atoms in total. The highest BCUT2D eigenvalue weighted by Gasteiger charge is 2.09. The average Bonchev–Trinajstić information content (AvgIpc) is 2.75. The number of rotatable bonds is 3. The van der Waals surface area contributed by atoms with E-state index in [2.05, 4.69) is 10.2 Å². The van der Waals surface area contributed by atoms with Crippen LogP contribution < -0.4 is 5.73 Å². The summed E-state index contributed by atoms with van der Waals surface area (Å²) < 4.78 is 3.30. The van der Waals surface area contributed by atoms with Crippen molar-refractivity contribution in [3.63, 3.8) is 0 Å². The lowest BCUT2D eigenvalue weighted by Crippen LogP contribution is -2.07. The van der Waals surface area contributed by atoms with Crippen LogP contribution in [0.4, 0.5) is 5.82 Å². The van der Waals surface area contributed by atoms with Crippen LogP contribution in [0.25, 0.3) is 11.4 Å². The number of aryl methyl sites for hydroxylation is 1. The molecule has 80 valence electrons. The third-order valence-electron chi connectivity index (χ3n) is 2.21. The Morgan fingerprint density at radius 2 is 2.33 bits per heavy atom.